The van der Waals surface area contributed by atoms with Gasteiger partial charge in [-0.2, -0.15) is 0 Å². The van der Waals surface area contributed by atoms with Gasteiger partial charge < -0.3 is 79.5 Å². The molecule has 7 fully saturated rings. The first kappa shape index (κ1) is 49.0. The van der Waals surface area contributed by atoms with Gasteiger partial charge in [-0.05, 0) is 111 Å². The molecule has 0 bridgehead atoms. The Morgan fingerprint density at radius 2 is 1.41 bits per heavy atom. The van der Waals surface area contributed by atoms with Crippen LogP contribution in [-0.2, 0) is 33.2 Å². The molecule has 5 aliphatic carbocycles. The zero-order chi connectivity index (χ0) is 46.7. The number of carboxylic acids is 1. The zero-order valence-electron chi connectivity index (χ0n) is 38.5. The second kappa shape index (κ2) is 17.2. The molecule has 8 rings (SSSR count). The molecular formula is C47H76O17. The van der Waals surface area contributed by atoms with E-state index in [2.05, 4.69) is 40.7 Å². The van der Waals surface area contributed by atoms with E-state index in [9.17, 15) is 55.9 Å². The maximum Gasteiger partial charge on any atom is 0.310 e. The highest BCUT2D eigenvalue weighted by Gasteiger charge is 2.70. The van der Waals surface area contributed by atoms with Gasteiger partial charge in [0.05, 0.1) is 37.4 Å². The number of aliphatic carboxylic acids is 1. The topological polar surface area (TPSA) is 275 Å². The van der Waals surface area contributed by atoms with Crippen LogP contribution >= 0.6 is 0 Å². The Bertz CT molecular complexity index is 1750. The Balaban J connectivity index is 0.999. The van der Waals surface area contributed by atoms with Crippen molar-refractivity contribution in [2.24, 2.45) is 50.2 Å². The van der Waals surface area contributed by atoms with Gasteiger partial charge in [0, 0.05) is 5.41 Å². The van der Waals surface area contributed by atoms with Crippen molar-refractivity contribution in [1.82, 2.24) is 0 Å². The van der Waals surface area contributed by atoms with E-state index in [1.807, 2.05) is 6.92 Å². The molecule has 64 heavy (non-hydrogen) atoms. The lowest BCUT2D eigenvalue weighted by molar-refractivity contribution is -0.372. The number of hydrogen-bond donors (Lipinski definition) is 10. The third kappa shape index (κ3) is 7.58. The second-order valence-electron chi connectivity index (χ2n) is 22.9. The number of hydrogen-bond acceptors (Lipinski definition) is 16. The number of rotatable bonds is 9. The highest BCUT2D eigenvalue weighted by Crippen LogP contribution is 2.76. The van der Waals surface area contributed by atoms with Crippen molar-refractivity contribution >= 4 is 5.97 Å². The molecule has 0 radical (unpaired) electrons. The Morgan fingerprint density at radius 3 is 2.09 bits per heavy atom. The molecule has 366 valence electrons. The van der Waals surface area contributed by atoms with Crippen LogP contribution < -0.4 is 0 Å². The molecular weight excluding hydrogens is 837 g/mol. The zero-order valence-corrected chi connectivity index (χ0v) is 38.5. The summed E-state index contributed by atoms with van der Waals surface area (Å²) in [6.07, 6.45) is -11.6. The van der Waals surface area contributed by atoms with Gasteiger partial charge >= 0.3 is 5.97 Å². The van der Waals surface area contributed by atoms with E-state index in [1.165, 1.54) is 12.5 Å². The van der Waals surface area contributed by atoms with Crippen molar-refractivity contribution in [3.8, 4) is 0 Å². The summed E-state index contributed by atoms with van der Waals surface area (Å²) < 4.78 is 35.8. The van der Waals surface area contributed by atoms with Gasteiger partial charge in [0.2, 0.25) is 0 Å². The fraction of sp³-hybridized carbons (Fsp3) is 0.936. The van der Waals surface area contributed by atoms with Gasteiger partial charge in [0.1, 0.15) is 61.0 Å². The van der Waals surface area contributed by atoms with Crippen LogP contribution in [0.5, 0.6) is 0 Å². The van der Waals surface area contributed by atoms with E-state index in [0.29, 0.717) is 19.3 Å². The van der Waals surface area contributed by atoms with Gasteiger partial charge in [0.15, 0.2) is 18.9 Å². The molecule has 10 N–H and O–H groups in total. The van der Waals surface area contributed by atoms with Crippen molar-refractivity contribution in [3.63, 3.8) is 0 Å². The maximum absolute atomic E-state index is 13.1. The number of fused-ring (bicyclic) bond motifs is 7. The number of allylic oxidation sites excluding steroid dienone is 2. The molecule has 0 aromatic heterocycles. The lowest BCUT2D eigenvalue weighted by atomic mass is 9.33. The standard InChI is InChI=1S/C47H76O17/c1-22-30(50)33(53)35(55)38(61-22)60-20-26-32(52)34(54)36(56)39(62-26)64-37-31(51)25(49)19-59-40(37)63-29-11-12-43(4)27(44(29,5)21-48)10-13-46(7)28(43)9-8-23-24-18-42(2,3)14-16-47(24,41(57)58)17-15-45(23,46)6/h8,22,24-40,48-56H,9-21H2,1-7H3,(H,57,58). The lowest BCUT2D eigenvalue weighted by Crippen LogP contribution is -2.67. The summed E-state index contributed by atoms with van der Waals surface area (Å²) in [5.41, 5.74) is -0.630. The first-order chi connectivity index (χ1) is 29.9. The maximum atomic E-state index is 13.1. The van der Waals surface area contributed by atoms with Crippen LogP contribution in [0, 0.1) is 50.2 Å². The number of aliphatic hydroxyl groups is 9. The molecule has 0 aromatic carbocycles. The molecule has 8 aliphatic rings. The summed E-state index contributed by atoms with van der Waals surface area (Å²) >= 11 is 0. The molecule has 4 saturated carbocycles. The van der Waals surface area contributed by atoms with Crippen molar-refractivity contribution in [2.45, 2.75) is 205 Å². The number of aliphatic hydroxyl groups excluding tert-OH is 9. The van der Waals surface area contributed by atoms with Crippen LogP contribution in [0.25, 0.3) is 0 Å². The van der Waals surface area contributed by atoms with Crippen LogP contribution in [0.2, 0.25) is 0 Å². The van der Waals surface area contributed by atoms with Crippen LogP contribution in [0.1, 0.15) is 113 Å². The average molecular weight is 913 g/mol. The molecule has 23 atom stereocenters. The SMILES string of the molecule is CC1OC(OCC2OC(OC3C(OC4CCC5(C)C(CCC6(C)C5CC=C5C7CC(C)(C)CCC7(C(=O)O)CCC56C)C4(C)CO)OCC(O)C3O)C(O)C(O)C2O)C(O)C(O)C1O. The highest BCUT2D eigenvalue weighted by atomic mass is 16.8. The fourth-order valence-electron chi connectivity index (χ4n) is 14.7. The third-order valence-corrected chi connectivity index (χ3v) is 19.1. The number of carbonyl (C=O) groups is 1. The summed E-state index contributed by atoms with van der Waals surface area (Å²) in [4.78, 5) is 13.1. The molecule has 0 amide bonds. The Morgan fingerprint density at radius 1 is 0.734 bits per heavy atom. The Labute approximate surface area is 376 Å². The molecule has 3 heterocycles. The molecule has 17 heteroatoms. The summed E-state index contributed by atoms with van der Waals surface area (Å²) in [5.74, 6) is -0.403. The van der Waals surface area contributed by atoms with Gasteiger partial charge in [-0.1, -0.05) is 53.2 Å². The monoisotopic (exact) mass is 913 g/mol. The van der Waals surface area contributed by atoms with E-state index in [0.717, 1.165) is 44.9 Å². The first-order valence-electron chi connectivity index (χ1n) is 23.7. The largest absolute Gasteiger partial charge is 0.481 e. The third-order valence-electron chi connectivity index (χ3n) is 19.1. The smallest absolute Gasteiger partial charge is 0.310 e. The normalized spacial score (nSPS) is 55.0. The molecule has 0 aromatic rings. The predicted molar refractivity (Wildman–Crippen MR) is 225 cm³/mol. The Kier molecular flexibility index (Phi) is 13.2. The van der Waals surface area contributed by atoms with Crippen molar-refractivity contribution in [2.75, 3.05) is 19.8 Å². The van der Waals surface area contributed by atoms with E-state index < -0.39 is 116 Å². The minimum absolute atomic E-state index is 0.00483. The summed E-state index contributed by atoms with van der Waals surface area (Å²) in [6, 6.07) is 0. The van der Waals surface area contributed by atoms with Crippen LogP contribution in [0.4, 0.5) is 0 Å². The van der Waals surface area contributed by atoms with Gasteiger partial charge in [-0.3, -0.25) is 4.79 Å². The second-order valence-corrected chi connectivity index (χ2v) is 22.9. The van der Waals surface area contributed by atoms with Crippen molar-refractivity contribution in [1.29, 1.82) is 0 Å². The molecule has 3 saturated heterocycles. The van der Waals surface area contributed by atoms with Gasteiger partial charge in [-0.15, -0.1) is 0 Å². The number of carboxylic acid groups (broad SMARTS) is 1. The fourth-order valence-corrected chi connectivity index (χ4v) is 14.7. The van der Waals surface area contributed by atoms with Crippen LogP contribution in [-0.4, -0.2) is 169 Å². The highest BCUT2D eigenvalue weighted by molar-refractivity contribution is 5.76. The summed E-state index contributed by atoms with van der Waals surface area (Å²) in [5, 5.41) is 108. The lowest BCUT2D eigenvalue weighted by Gasteiger charge is -2.71. The Hall–Kier alpha value is -1.39. The summed E-state index contributed by atoms with van der Waals surface area (Å²) in [6.45, 7) is 14.2. The minimum atomic E-state index is -1.84. The van der Waals surface area contributed by atoms with Crippen LogP contribution in [0.15, 0.2) is 11.6 Å². The minimum Gasteiger partial charge on any atom is -0.481 e. The predicted octanol–water partition coefficient (Wildman–Crippen LogP) is 1.35. The van der Waals surface area contributed by atoms with E-state index in [4.69, 9.17) is 28.4 Å². The average Bonchev–Trinajstić information content (AvgIpc) is 3.24. The van der Waals surface area contributed by atoms with E-state index in [1.54, 1.807) is 0 Å². The summed E-state index contributed by atoms with van der Waals surface area (Å²) in [7, 11) is 0. The van der Waals surface area contributed by atoms with Crippen molar-refractivity contribution in [3.05, 3.63) is 11.6 Å². The quantitative estimate of drug-likeness (QED) is 0.116. The van der Waals surface area contributed by atoms with Crippen molar-refractivity contribution < 1.29 is 84.3 Å². The molecule has 23 unspecified atom stereocenters. The van der Waals surface area contributed by atoms with E-state index >= 15 is 0 Å². The molecule has 0 spiro atoms. The number of ether oxygens (including phenoxy) is 6. The van der Waals surface area contributed by atoms with E-state index in [-0.39, 0.29) is 52.6 Å². The molecule has 3 aliphatic heterocycles. The van der Waals surface area contributed by atoms with Gasteiger partial charge in [0.25, 0.3) is 0 Å². The first-order valence-corrected chi connectivity index (χ1v) is 23.7. The van der Waals surface area contributed by atoms with Crippen LogP contribution in [0.3, 0.4) is 0 Å². The van der Waals surface area contributed by atoms with Gasteiger partial charge in [-0.25, -0.2) is 0 Å². The molecule has 17 nitrogen and oxygen atoms in total.